The number of hydrogen-bond acceptors (Lipinski definition) is 2. The first kappa shape index (κ1) is 14.2. The molecule has 0 saturated carbocycles. The molecule has 0 fully saturated rings. The fraction of sp³-hybridized carbons (Fsp3) is 0.600. The minimum Gasteiger partial charge on any atom is -0.379 e. The molecular formula is C15H25NO. The molecule has 0 unspecified atom stereocenters. The molecule has 0 spiro atoms. The van der Waals surface area contributed by atoms with Crippen molar-refractivity contribution in [3.63, 3.8) is 0 Å². The zero-order chi connectivity index (χ0) is 12.9. The topological polar surface area (TPSA) is 21.3 Å². The summed E-state index contributed by atoms with van der Waals surface area (Å²) in [4.78, 5) is 0. The van der Waals surface area contributed by atoms with E-state index in [1.54, 1.807) is 7.11 Å². The molecule has 0 heterocycles. The molecule has 2 nitrogen and oxygen atoms in total. The molecule has 1 atom stereocenters. The Kier molecular flexibility index (Phi) is 5.16. The molecule has 0 radical (unpaired) electrons. The van der Waals surface area contributed by atoms with E-state index in [1.807, 2.05) is 0 Å². The maximum Gasteiger partial charge on any atom is 0.0634 e. The van der Waals surface area contributed by atoms with Crippen LogP contribution < -0.4 is 5.32 Å². The minimum absolute atomic E-state index is 0.0423. The van der Waals surface area contributed by atoms with Gasteiger partial charge in [0.15, 0.2) is 0 Å². The van der Waals surface area contributed by atoms with Gasteiger partial charge in [-0.25, -0.2) is 0 Å². The fourth-order valence-electron chi connectivity index (χ4n) is 1.75. The van der Waals surface area contributed by atoms with E-state index in [0.717, 1.165) is 13.0 Å². The van der Waals surface area contributed by atoms with Crippen LogP contribution in [-0.4, -0.2) is 19.3 Å². The molecule has 0 amide bonds. The number of hydrogen-bond donors (Lipinski definition) is 1. The monoisotopic (exact) mass is 235 g/mol. The average molecular weight is 235 g/mol. The van der Waals surface area contributed by atoms with Gasteiger partial charge >= 0.3 is 0 Å². The van der Waals surface area contributed by atoms with Crippen LogP contribution in [0, 0.1) is 6.92 Å². The van der Waals surface area contributed by atoms with E-state index in [1.165, 1.54) is 11.1 Å². The van der Waals surface area contributed by atoms with Gasteiger partial charge in [-0.05, 0) is 46.2 Å². The maximum atomic E-state index is 5.40. The van der Waals surface area contributed by atoms with Crippen molar-refractivity contribution in [1.82, 2.24) is 5.32 Å². The van der Waals surface area contributed by atoms with E-state index >= 15 is 0 Å². The highest BCUT2D eigenvalue weighted by atomic mass is 16.5. The number of nitrogens with one attached hydrogen (secondary N) is 1. The van der Waals surface area contributed by atoms with Crippen LogP contribution in [0.1, 0.15) is 44.4 Å². The lowest BCUT2D eigenvalue weighted by Gasteiger charge is -2.24. The van der Waals surface area contributed by atoms with Gasteiger partial charge in [0.2, 0.25) is 0 Å². The molecule has 1 aromatic rings. The normalized spacial score (nSPS) is 13.7. The van der Waals surface area contributed by atoms with Crippen molar-refractivity contribution in [3.8, 4) is 0 Å². The van der Waals surface area contributed by atoms with Crippen molar-refractivity contribution >= 4 is 0 Å². The average Bonchev–Trinajstić information content (AvgIpc) is 2.28. The Bertz CT molecular complexity index is 347. The van der Waals surface area contributed by atoms with E-state index in [0.29, 0.717) is 6.04 Å². The van der Waals surface area contributed by atoms with Crippen LogP contribution >= 0.6 is 0 Å². The molecule has 1 N–H and O–H groups in total. The largest absolute Gasteiger partial charge is 0.379 e. The van der Waals surface area contributed by atoms with Gasteiger partial charge in [0.05, 0.1) is 5.60 Å². The van der Waals surface area contributed by atoms with E-state index in [4.69, 9.17) is 4.74 Å². The predicted molar refractivity (Wildman–Crippen MR) is 73.3 cm³/mol. The second-order valence-electron chi connectivity index (χ2n) is 5.30. The molecule has 0 bridgehead atoms. The highest BCUT2D eigenvalue weighted by molar-refractivity contribution is 5.24. The standard InChI is InChI=1S/C15H25NO/c1-12-7-6-8-14(11-12)13(2)16-10-9-15(3,4)17-5/h6-8,11,13,16H,9-10H2,1-5H3/t13-/m0/s1. The number of methoxy groups -OCH3 is 1. The minimum atomic E-state index is -0.0423. The molecule has 0 aromatic heterocycles. The third-order valence-electron chi connectivity index (χ3n) is 3.27. The molecule has 96 valence electrons. The van der Waals surface area contributed by atoms with Crippen molar-refractivity contribution in [2.45, 2.75) is 45.8 Å². The zero-order valence-corrected chi connectivity index (χ0v) is 11.7. The third-order valence-corrected chi connectivity index (χ3v) is 3.27. The Balaban J connectivity index is 2.42. The number of benzene rings is 1. The van der Waals surface area contributed by atoms with E-state index in [-0.39, 0.29) is 5.60 Å². The van der Waals surface area contributed by atoms with Crippen LogP contribution in [-0.2, 0) is 4.74 Å². The van der Waals surface area contributed by atoms with E-state index in [9.17, 15) is 0 Å². The fourth-order valence-corrected chi connectivity index (χ4v) is 1.75. The van der Waals surface area contributed by atoms with Crippen LogP contribution in [0.2, 0.25) is 0 Å². The van der Waals surface area contributed by atoms with Gasteiger partial charge in [0.1, 0.15) is 0 Å². The predicted octanol–water partition coefficient (Wildman–Crippen LogP) is 3.46. The Hall–Kier alpha value is -0.860. The first-order valence-electron chi connectivity index (χ1n) is 6.30. The number of ether oxygens (including phenoxy) is 1. The molecule has 1 rings (SSSR count). The van der Waals surface area contributed by atoms with Gasteiger partial charge in [0.25, 0.3) is 0 Å². The van der Waals surface area contributed by atoms with Gasteiger partial charge in [-0.1, -0.05) is 29.8 Å². The van der Waals surface area contributed by atoms with Crippen LogP contribution in [0.3, 0.4) is 0 Å². The molecule has 2 heteroatoms. The lowest BCUT2D eigenvalue weighted by atomic mass is 10.0. The lowest BCUT2D eigenvalue weighted by molar-refractivity contribution is 0.0154. The molecule has 1 aromatic carbocycles. The summed E-state index contributed by atoms with van der Waals surface area (Å²) in [5.74, 6) is 0. The highest BCUT2D eigenvalue weighted by Gasteiger charge is 2.16. The third kappa shape index (κ3) is 4.88. The zero-order valence-electron chi connectivity index (χ0n) is 11.7. The second-order valence-corrected chi connectivity index (χ2v) is 5.30. The van der Waals surface area contributed by atoms with Gasteiger partial charge in [-0.15, -0.1) is 0 Å². The Labute approximate surface area is 105 Å². The molecule has 17 heavy (non-hydrogen) atoms. The highest BCUT2D eigenvalue weighted by Crippen LogP contribution is 2.16. The van der Waals surface area contributed by atoms with Gasteiger partial charge < -0.3 is 10.1 Å². The lowest BCUT2D eigenvalue weighted by Crippen LogP contribution is -2.30. The van der Waals surface area contributed by atoms with Crippen LogP contribution in [0.4, 0.5) is 0 Å². The van der Waals surface area contributed by atoms with Crippen molar-refractivity contribution < 1.29 is 4.74 Å². The summed E-state index contributed by atoms with van der Waals surface area (Å²) in [5, 5.41) is 3.54. The SMILES string of the molecule is COC(C)(C)CCN[C@@H](C)c1cccc(C)c1. The van der Waals surface area contributed by atoms with E-state index in [2.05, 4.69) is 57.3 Å². The summed E-state index contributed by atoms with van der Waals surface area (Å²) in [5.41, 5.74) is 2.62. The van der Waals surface area contributed by atoms with Gasteiger partial charge in [0, 0.05) is 13.2 Å². The maximum absolute atomic E-state index is 5.40. The van der Waals surface area contributed by atoms with Crippen molar-refractivity contribution in [2.24, 2.45) is 0 Å². The first-order valence-corrected chi connectivity index (χ1v) is 6.30. The Morgan fingerprint density at radius 2 is 2.06 bits per heavy atom. The summed E-state index contributed by atoms with van der Waals surface area (Å²) in [6.45, 7) is 9.53. The first-order chi connectivity index (χ1) is 7.94. The van der Waals surface area contributed by atoms with Crippen LogP contribution in [0.15, 0.2) is 24.3 Å². The van der Waals surface area contributed by atoms with Crippen LogP contribution in [0.25, 0.3) is 0 Å². The Morgan fingerprint density at radius 3 is 2.65 bits per heavy atom. The van der Waals surface area contributed by atoms with Crippen molar-refractivity contribution in [3.05, 3.63) is 35.4 Å². The smallest absolute Gasteiger partial charge is 0.0634 e. The molecule has 0 saturated heterocycles. The molecule has 0 aliphatic heterocycles. The summed E-state index contributed by atoms with van der Waals surface area (Å²) < 4.78 is 5.40. The van der Waals surface area contributed by atoms with Gasteiger partial charge in [-0.2, -0.15) is 0 Å². The summed E-state index contributed by atoms with van der Waals surface area (Å²) in [7, 11) is 1.77. The van der Waals surface area contributed by atoms with Gasteiger partial charge in [-0.3, -0.25) is 0 Å². The molecule has 0 aliphatic carbocycles. The van der Waals surface area contributed by atoms with E-state index < -0.39 is 0 Å². The quantitative estimate of drug-likeness (QED) is 0.815. The Morgan fingerprint density at radius 1 is 1.35 bits per heavy atom. The summed E-state index contributed by atoms with van der Waals surface area (Å²) in [6.07, 6.45) is 1.01. The number of aryl methyl sites for hydroxylation is 1. The summed E-state index contributed by atoms with van der Waals surface area (Å²) >= 11 is 0. The van der Waals surface area contributed by atoms with Crippen molar-refractivity contribution in [2.75, 3.05) is 13.7 Å². The summed E-state index contributed by atoms with van der Waals surface area (Å²) in [6, 6.07) is 9.04. The molecular weight excluding hydrogens is 210 g/mol. The second kappa shape index (κ2) is 6.18. The number of rotatable bonds is 6. The molecule has 0 aliphatic rings. The van der Waals surface area contributed by atoms with Crippen LogP contribution in [0.5, 0.6) is 0 Å². The van der Waals surface area contributed by atoms with Crippen molar-refractivity contribution in [1.29, 1.82) is 0 Å².